The molecule has 0 spiro atoms. The van der Waals surface area contributed by atoms with Gasteiger partial charge in [0.25, 0.3) is 11.6 Å². The summed E-state index contributed by atoms with van der Waals surface area (Å²) in [5.41, 5.74) is 1.53. The number of piperazine rings is 1. The maximum Gasteiger partial charge on any atom is 0.269 e. The molecule has 6 nitrogen and oxygen atoms in total. The molecular formula is C18H18ClN3O3S. The molecule has 136 valence electrons. The third-order valence-corrected chi connectivity index (χ3v) is 5.45. The van der Waals surface area contributed by atoms with E-state index in [4.69, 9.17) is 11.6 Å². The fraction of sp³-hybridized carbons (Fsp3) is 0.278. The summed E-state index contributed by atoms with van der Waals surface area (Å²) in [6.45, 7) is 2.50. The van der Waals surface area contributed by atoms with Crippen LogP contribution in [0.2, 0.25) is 5.02 Å². The average molecular weight is 392 g/mol. The third-order valence-electron chi connectivity index (χ3n) is 4.40. The van der Waals surface area contributed by atoms with Gasteiger partial charge >= 0.3 is 0 Å². The molecule has 0 radical (unpaired) electrons. The number of halogens is 1. The van der Waals surface area contributed by atoms with Gasteiger partial charge in [-0.1, -0.05) is 11.6 Å². The Morgan fingerprint density at radius 3 is 2.35 bits per heavy atom. The summed E-state index contributed by atoms with van der Waals surface area (Å²) < 4.78 is 0. The van der Waals surface area contributed by atoms with Crippen LogP contribution in [-0.2, 0) is 0 Å². The lowest BCUT2D eigenvalue weighted by Crippen LogP contribution is -2.48. The molecule has 2 aromatic rings. The highest BCUT2D eigenvalue weighted by Gasteiger charge is 2.24. The van der Waals surface area contributed by atoms with Gasteiger partial charge in [-0.25, -0.2) is 0 Å². The topological polar surface area (TPSA) is 66.7 Å². The highest BCUT2D eigenvalue weighted by molar-refractivity contribution is 7.98. The zero-order valence-electron chi connectivity index (χ0n) is 14.2. The van der Waals surface area contributed by atoms with E-state index in [2.05, 4.69) is 4.90 Å². The Balaban J connectivity index is 1.66. The second-order valence-electron chi connectivity index (χ2n) is 5.90. The molecule has 1 heterocycles. The normalized spacial score (nSPS) is 14.4. The van der Waals surface area contributed by atoms with Crippen LogP contribution in [-0.4, -0.2) is 48.2 Å². The first kappa shape index (κ1) is 18.5. The number of carbonyl (C=O) groups is 1. The smallest absolute Gasteiger partial charge is 0.269 e. The van der Waals surface area contributed by atoms with Gasteiger partial charge in [0, 0.05) is 48.9 Å². The lowest BCUT2D eigenvalue weighted by atomic mass is 10.1. The van der Waals surface area contributed by atoms with Crippen LogP contribution in [0, 0.1) is 10.1 Å². The lowest BCUT2D eigenvalue weighted by molar-refractivity contribution is -0.384. The Labute approximate surface area is 160 Å². The van der Waals surface area contributed by atoms with E-state index in [-0.39, 0.29) is 11.6 Å². The first-order valence-electron chi connectivity index (χ1n) is 8.12. The van der Waals surface area contributed by atoms with Crippen LogP contribution in [0.1, 0.15) is 10.4 Å². The summed E-state index contributed by atoms with van der Waals surface area (Å²) in [5.74, 6) is -0.0609. The van der Waals surface area contributed by atoms with Gasteiger partial charge in [-0.05, 0) is 36.6 Å². The number of hydrogen-bond donors (Lipinski definition) is 0. The summed E-state index contributed by atoms with van der Waals surface area (Å²) in [7, 11) is 0. The molecule has 0 atom stereocenters. The molecule has 0 N–H and O–H groups in total. The molecule has 0 aliphatic carbocycles. The number of carbonyl (C=O) groups excluding carboxylic acids is 1. The molecule has 1 saturated heterocycles. The molecule has 2 aromatic carbocycles. The highest BCUT2D eigenvalue weighted by atomic mass is 35.5. The molecule has 8 heteroatoms. The molecule has 0 unspecified atom stereocenters. The van der Waals surface area contributed by atoms with Crippen LogP contribution >= 0.6 is 23.4 Å². The minimum atomic E-state index is -0.410. The Hall–Kier alpha value is -2.25. The summed E-state index contributed by atoms with van der Waals surface area (Å²) in [6.07, 6.45) is 1.96. The summed E-state index contributed by atoms with van der Waals surface area (Å²) in [5, 5.41) is 11.2. The number of nitro groups is 1. The predicted octanol–water partition coefficient (Wildman–Crippen LogP) is 3.93. The zero-order chi connectivity index (χ0) is 18.7. The molecule has 0 saturated carbocycles. The number of thioether (sulfide) groups is 1. The molecule has 1 aliphatic rings. The Morgan fingerprint density at radius 2 is 1.77 bits per heavy atom. The van der Waals surface area contributed by atoms with Crippen LogP contribution < -0.4 is 4.90 Å². The lowest BCUT2D eigenvalue weighted by Gasteiger charge is -2.36. The predicted molar refractivity (Wildman–Crippen MR) is 104 cm³/mol. The summed E-state index contributed by atoms with van der Waals surface area (Å²) >= 11 is 7.78. The third kappa shape index (κ3) is 3.94. The largest absolute Gasteiger partial charge is 0.368 e. The molecule has 26 heavy (non-hydrogen) atoms. The molecule has 0 bridgehead atoms. The van der Waals surface area contributed by atoms with E-state index in [0.29, 0.717) is 36.8 Å². The van der Waals surface area contributed by atoms with Gasteiger partial charge in [-0.2, -0.15) is 0 Å². The number of rotatable bonds is 4. The molecular weight excluding hydrogens is 374 g/mol. The molecule has 0 aromatic heterocycles. The number of non-ortho nitro benzene ring substituents is 1. The summed E-state index contributed by atoms with van der Waals surface area (Å²) in [6, 6.07) is 12.0. The number of anilines is 1. The maximum atomic E-state index is 12.8. The zero-order valence-corrected chi connectivity index (χ0v) is 15.8. The van der Waals surface area contributed by atoms with Gasteiger partial charge in [0.1, 0.15) is 0 Å². The van der Waals surface area contributed by atoms with Gasteiger partial charge in [0.2, 0.25) is 0 Å². The SMILES string of the molecule is CSc1ccc(Cl)c(C(=O)N2CCN(c3ccc([N+](=O)[O-])cc3)CC2)c1. The number of nitrogens with zero attached hydrogens (tertiary/aromatic N) is 3. The molecule has 1 aliphatic heterocycles. The number of hydrogen-bond acceptors (Lipinski definition) is 5. The Morgan fingerprint density at radius 1 is 1.12 bits per heavy atom. The van der Waals surface area contributed by atoms with E-state index in [1.807, 2.05) is 18.4 Å². The molecule has 1 amide bonds. The van der Waals surface area contributed by atoms with Crippen LogP contribution in [0.3, 0.4) is 0 Å². The Bertz CT molecular complexity index is 821. The van der Waals surface area contributed by atoms with Crippen molar-refractivity contribution < 1.29 is 9.72 Å². The average Bonchev–Trinajstić information content (AvgIpc) is 2.68. The number of amides is 1. The second kappa shape index (κ2) is 7.97. The van der Waals surface area contributed by atoms with Gasteiger partial charge < -0.3 is 9.80 Å². The van der Waals surface area contributed by atoms with E-state index in [1.165, 1.54) is 12.1 Å². The van der Waals surface area contributed by atoms with Crippen LogP contribution in [0.25, 0.3) is 0 Å². The maximum absolute atomic E-state index is 12.8. The minimum Gasteiger partial charge on any atom is -0.368 e. The van der Waals surface area contributed by atoms with Crippen molar-refractivity contribution in [2.75, 3.05) is 37.3 Å². The highest BCUT2D eigenvalue weighted by Crippen LogP contribution is 2.25. The van der Waals surface area contributed by atoms with Gasteiger partial charge in [0.15, 0.2) is 0 Å². The standard InChI is InChI=1S/C18H18ClN3O3S/c1-26-15-6-7-17(19)16(12-15)18(23)21-10-8-20(9-11-21)13-2-4-14(5-3-13)22(24)25/h2-7,12H,8-11H2,1H3. The fourth-order valence-electron chi connectivity index (χ4n) is 2.92. The van der Waals surface area contributed by atoms with Crippen molar-refractivity contribution in [3.63, 3.8) is 0 Å². The van der Waals surface area contributed by atoms with E-state index < -0.39 is 4.92 Å². The van der Waals surface area contributed by atoms with Crippen LogP contribution in [0.5, 0.6) is 0 Å². The Kier molecular flexibility index (Phi) is 5.68. The van der Waals surface area contributed by atoms with Crippen molar-refractivity contribution in [3.05, 3.63) is 63.2 Å². The van der Waals surface area contributed by atoms with Crippen molar-refractivity contribution in [1.82, 2.24) is 4.90 Å². The van der Waals surface area contributed by atoms with E-state index >= 15 is 0 Å². The van der Waals surface area contributed by atoms with Crippen molar-refractivity contribution in [1.29, 1.82) is 0 Å². The fourth-order valence-corrected chi connectivity index (χ4v) is 3.56. The molecule has 3 rings (SSSR count). The van der Waals surface area contributed by atoms with E-state index in [1.54, 1.807) is 34.9 Å². The van der Waals surface area contributed by atoms with E-state index in [0.717, 1.165) is 10.6 Å². The van der Waals surface area contributed by atoms with Crippen LogP contribution in [0.15, 0.2) is 47.4 Å². The number of nitro benzene ring substituents is 1. The van der Waals surface area contributed by atoms with Crippen LogP contribution in [0.4, 0.5) is 11.4 Å². The van der Waals surface area contributed by atoms with Crippen molar-refractivity contribution in [3.8, 4) is 0 Å². The minimum absolute atomic E-state index is 0.0609. The van der Waals surface area contributed by atoms with Crippen molar-refractivity contribution in [2.24, 2.45) is 0 Å². The van der Waals surface area contributed by atoms with Crippen molar-refractivity contribution in [2.45, 2.75) is 4.90 Å². The molecule has 1 fully saturated rings. The first-order chi connectivity index (χ1) is 12.5. The quantitative estimate of drug-likeness (QED) is 0.448. The monoisotopic (exact) mass is 391 g/mol. The first-order valence-corrected chi connectivity index (χ1v) is 9.72. The number of benzene rings is 2. The van der Waals surface area contributed by atoms with Gasteiger partial charge in [-0.15, -0.1) is 11.8 Å². The van der Waals surface area contributed by atoms with Gasteiger partial charge in [0.05, 0.1) is 15.5 Å². The summed E-state index contributed by atoms with van der Waals surface area (Å²) in [4.78, 5) is 28.0. The second-order valence-corrected chi connectivity index (χ2v) is 7.19. The van der Waals surface area contributed by atoms with Crippen molar-refractivity contribution >= 4 is 40.6 Å². The van der Waals surface area contributed by atoms with E-state index in [9.17, 15) is 14.9 Å². The van der Waals surface area contributed by atoms with Gasteiger partial charge in [-0.3, -0.25) is 14.9 Å².